The molecule has 0 aliphatic rings. The number of phenolic OH excluding ortho intramolecular Hbond substituents is 2. The van der Waals surface area contributed by atoms with E-state index >= 15 is 0 Å². The first-order valence-corrected chi connectivity index (χ1v) is 15.5. The van der Waals surface area contributed by atoms with Crippen molar-refractivity contribution < 1.29 is 42.0 Å². The number of aliphatic hydroxyl groups is 3. The van der Waals surface area contributed by atoms with E-state index in [9.17, 15) is 10.2 Å². The Morgan fingerprint density at radius 2 is 0.881 bits per heavy atom. The molecular weight excluding hydrogens is 593 g/mol. The molecule has 0 unspecified atom stereocenters. The summed E-state index contributed by atoms with van der Waals surface area (Å²) in [6, 6.07) is 11.8. The third-order valence-electron chi connectivity index (χ3n) is 6.90. The summed E-state index contributed by atoms with van der Waals surface area (Å²) in [5.74, 6) is 0.498. The van der Waals surface area contributed by atoms with Gasteiger partial charge in [-0.15, -0.1) is 0 Å². The van der Waals surface area contributed by atoms with Crippen molar-refractivity contribution in [3.8, 4) is 11.5 Å². The zero-order valence-electron chi connectivity index (χ0n) is 27.5. The van der Waals surface area contributed by atoms with Gasteiger partial charge in [-0.3, -0.25) is 4.90 Å². The van der Waals surface area contributed by atoms with Crippen LogP contribution in [0.15, 0.2) is 46.2 Å². The maximum absolute atomic E-state index is 10.6. The van der Waals surface area contributed by atoms with Gasteiger partial charge in [0.1, 0.15) is 11.5 Å². The van der Waals surface area contributed by atoms with Crippen LogP contribution in [0.1, 0.15) is 93.2 Å². The number of hydrogen-bond donors (Lipinski definition) is 5. The van der Waals surface area contributed by atoms with E-state index < -0.39 is 0 Å². The molecule has 0 aromatic heterocycles. The first kappa shape index (κ1) is 40.7. The third kappa shape index (κ3) is 14.5. The molecule has 0 atom stereocenters. The molecule has 0 aliphatic carbocycles. The van der Waals surface area contributed by atoms with Crippen molar-refractivity contribution in [3.05, 3.63) is 47.5 Å². The number of hydrogen-bond acceptors (Lipinski definition) is 7. The minimum absolute atomic E-state index is 0. The van der Waals surface area contributed by atoms with Crippen molar-refractivity contribution in [2.24, 2.45) is 10.8 Å². The van der Waals surface area contributed by atoms with Gasteiger partial charge in [0.2, 0.25) is 0 Å². The van der Waals surface area contributed by atoms with Crippen LogP contribution in [0.25, 0.3) is 0 Å². The van der Waals surface area contributed by atoms with E-state index in [4.69, 9.17) is 15.3 Å². The fourth-order valence-corrected chi connectivity index (χ4v) is 6.72. The minimum atomic E-state index is -0.0140. The Morgan fingerprint density at radius 3 is 1.14 bits per heavy atom. The van der Waals surface area contributed by atoms with Crippen LogP contribution < -0.4 is 0 Å². The van der Waals surface area contributed by atoms with E-state index in [0.717, 1.165) is 22.6 Å². The van der Waals surface area contributed by atoms with Crippen LogP contribution in [-0.4, -0.2) is 69.9 Å². The molecule has 8 heteroatoms. The van der Waals surface area contributed by atoms with Crippen LogP contribution in [0, 0.1) is 10.8 Å². The smallest absolute Gasteiger partial charge is 0.129 e. The van der Waals surface area contributed by atoms with Crippen molar-refractivity contribution in [2.75, 3.05) is 39.5 Å². The number of rotatable bonds is 12. The molecule has 2 aromatic carbocycles. The van der Waals surface area contributed by atoms with E-state index in [1.54, 1.807) is 17.0 Å². The van der Waals surface area contributed by atoms with Gasteiger partial charge in [-0.1, -0.05) is 93.1 Å². The second kappa shape index (κ2) is 17.3. The topological polar surface area (TPSA) is 104 Å². The summed E-state index contributed by atoms with van der Waals surface area (Å²) < 4.78 is 0. The van der Waals surface area contributed by atoms with Crippen LogP contribution in [0.4, 0.5) is 0 Å². The molecule has 2 aromatic rings. The standard InChI is InChI=1S/C28H42O2S.C6H15NO3.Ni/c1-25(2,3)17-27(7,8)19-11-13-21(29)23(15-19)31-24-16-20(12-14-22(24)30)28(9,10)18-26(4,5)6;8-4-1-7(2-5-9)3-6-10;/h11-16,29-30H,17-18H2,1-10H3;8-10H,1-6H2;. The monoisotopic (exact) mass is 649 g/mol. The SMILES string of the molecule is CC(C)(C)CC(C)(C)c1ccc(O)c(Sc2cc(C(C)(C)CC(C)(C)C)ccc2O)c1.OCCN(CCO)CCO.[Ni]. The Hall–Kier alpha value is -1.28. The second-order valence-electron chi connectivity index (χ2n) is 14.7. The summed E-state index contributed by atoms with van der Waals surface area (Å²) >= 11 is 1.44. The average molecular weight is 651 g/mol. The average Bonchev–Trinajstić information content (AvgIpc) is 2.79. The Morgan fingerprint density at radius 1 is 0.571 bits per heavy atom. The van der Waals surface area contributed by atoms with Crippen molar-refractivity contribution in [2.45, 2.75) is 103 Å². The van der Waals surface area contributed by atoms with E-state index in [2.05, 4.69) is 81.4 Å². The van der Waals surface area contributed by atoms with E-state index in [1.807, 2.05) is 12.1 Å². The van der Waals surface area contributed by atoms with Crippen LogP contribution in [-0.2, 0) is 27.3 Å². The molecule has 0 spiro atoms. The van der Waals surface area contributed by atoms with Crippen LogP contribution in [0.3, 0.4) is 0 Å². The predicted octanol–water partition coefficient (Wildman–Crippen LogP) is 6.94. The molecule has 6 nitrogen and oxygen atoms in total. The first-order valence-electron chi connectivity index (χ1n) is 14.6. The van der Waals surface area contributed by atoms with Gasteiger partial charge in [0.15, 0.2) is 0 Å². The molecule has 42 heavy (non-hydrogen) atoms. The molecule has 0 amide bonds. The summed E-state index contributed by atoms with van der Waals surface area (Å²) in [6.45, 7) is 24.3. The normalized spacial score (nSPS) is 12.5. The largest absolute Gasteiger partial charge is 0.507 e. The summed E-state index contributed by atoms with van der Waals surface area (Å²) in [5.41, 5.74) is 2.79. The summed E-state index contributed by atoms with van der Waals surface area (Å²) in [4.78, 5) is 3.35. The molecule has 0 fully saturated rings. The Bertz CT molecular complexity index is 987. The quantitative estimate of drug-likeness (QED) is 0.159. The molecular formula is C34H57NNiO5S. The van der Waals surface area contributed by atoms with Crippen LogP contribution >= 0.6 is 11.8 Å². The predicted molar refractivity (Wildman–Crippen MR) is 172 cm³/mol. The van der Waals surface area contributed by atoms with Gasteiger partial charge in [-0.25, -0.2) is 0 Å². The number of aromatic hydroxyl groups is 2. The minimum Gasteiger partial charge on any atom is -0.507 e. The second-order valence-corrected chi connectivity index (χ2v) is 15.8. The zero-order chi connectivity index (χ0) is 31.6. The Labute approximate surface area is 269 Å². The fraction of sp³-hybridized carbons (Fsp3) is 0.647. The Balaban J connectivity index is 0.00000131. The van der Waals surface area contributed by atoms with Crippen molar-refractivity contribution in [1.82, 2.24) is 4.90 Å². The number of nitrogens with zero attached hydrogens (tertiary/aromatic N) is 1. The van der Waals surface area contributed by atoms with Gasteiger partial charge in [-0.2, -0.15) is 0 Å². The molecule has 2 rings (SSSR count). The van der Waals surface area contributed by atoms with Crippen molar-refractivity contribution >= 4 is 11.8 Å². The molecule has 0 aliphatic heterocycles. The molecule has 0 bridgehead atoms. The molecule has 0 saturated carbocycles. The van der Waals surface area contributed by atoms with Gasteiger partial charge in [0, 0.05) is 36.1 Å². The fourth-order valence-electron chi connectivity index (χ4n) is 5.77. The number of aliphatic hydroxyl groups excluding tert-OH is 3. The summed E-state index contributed by atoms with van der Waals surface area (Å²) in [7, 11) is 0. The molecule has 0 heterocycles. The van der Waals surface area contributed by atoms with Gasteiger partial charge in [0.25, 0.3) is 0 Å². The van der Waals surface area contributed by atoms with Crippen LogP contribution in [0.2, 0.25) is 0 Å². The number of benzene rings is 2. The number of phenols is 2. The van der Waals surface area contributed by atoms with Crippen molar-refractivity contribution in [1.29, 1.82) is 0 Å². The van der Waals surface area contributed by atoms with Crippen LogP contribution in [0.5, 0.6) is 11.5 Å². The van der Waals surface area contributed by atoms with E-state index in [0.29, 0.717) is 19.6 Å². The summed E-state index contributed by atoms with van der Waals surface area (Å²) in [5, 5.41) is 46.6. The third-order valence-corrected chi connectivity index (χ3v) is 7.99. The zero-order valence-corrected chi connectivity index (χ0v) is 29.3. The van der Waals surface area contributed by atoms with Gasteiger partial charge in [0.05, 0.1) is 29.6 Å². The van der Waals surface area contributed by atoms with E-state index in [1.165, 1.54) is 22.9 Å². The Kier molecular flexibility index (Phi) is 16.7. The maximum atomic E-state index is 10.6. The van der Waals surface area contributed by atoms with E-state index in [-0.39, 0.29) is 69.5 Å². The van der Waals surface area contributed by atoms with Gasteiger partial charge >= 0.3 is 0 Å². The first-order chi connectivity index (χ1) is 18.7. The maximum Gasteiger partial charge on any atom is 0.129 e. The van der Waals surface area contributed by atoms with Crippen molar-refractivity contribution in [3.63, 3.8) is 0 Å². The van der Waals surface area contributed by atoms with Gasteiger partial charge < -0.3 is 25.5 Å². The molecule has 5 N–H and O–H groups in total. The van der Waals surface area contributed by atoms with Gasteiger partial charge in [-0.05, 0) is 69.9 Å². The molecule has 244 valence electrons. The molecule has 0 saturated heterocycles. The molecule has 0 radical (unpaired) electrons. The summed E-state index contributed by atoms with van der Waals surface area (Å²) in [6.07, 6.45) is 2.08.